The molecular formula is C13H11FN4OS. The summed E-state index contributed by atoms with van der Waals surface area (Å²) in [6, 6.07) is 6.17. The Balaban J connectivity index is 1.97. The van der Waals surface area contributed by atoms with Crippen molar-refractivity contribution in [2.24, 2.45) is 0 Å². The summed E-state index contributed by atoms with van der Waals surface area (Å²) in [5.41, 5.74) is 2.88. The smallest absolute Gasteiger partial charge is 0.212 e. The molecule has 0 amide bonds. The molecule has 0 saturated heterocycles. The second-order valence-corrected chi connectivity index (χ2v) is 5.05. The van der Waals surface area contributed by atoms with E-state index in [-0.39, 0.29) is 12.4 Å². The van der Waals surface area contributed by atoms with E-state index in [1.165, 1.54) is 23.5 Å². The third-order valence-corrected chi connectivity index (χ3v) is 3.77. The molecule has 0 aliphatic rings. The highest BCUT2D eigenvalue weighted by atomic mass is 32.1. The Morgan fingerprint density at radius 2 is 2.05 bits per heavy atom. The summed E-state index contributed by atoms with van der Waals surface area (Å²) in [5.74, 6) is -0.274. The average Bonchev–Trinajstić information content (AvgIpc) is 3.06. The number of aliphatic hydroxyl groups is 1. The van der Waals surface area contributed by atoms with E-state index in [4.69, 9.17) is 5.11 Å². The highest BCUT2D eigenvalue weighted by Crippen LogP contribution is 2.24. The van der Waals surface area contributed by atoms with Crippen LogP contribution in [0.5, 0.6) is 0 Å². The van der Waals surface area contributed by atoms with Crippen LogP contribution < -0.4 is 0 Å². The van der Waals surface area contributed by atoms with Crippen molar-refractivity contribution in [1.29, 1.82) is 0 Å². The maximum absolute atomic E-state index is 12.9. The molecule has 102 valence electrons. The fourth-order valence-electron chi connectivity index (χ4n) is 1.80. The van der Waals surface area contributed by atoms with E-state index >= 15 is 0 Å². The molecule has 2 heterocycles. The van der Waals surface area contributed by atoms with Gasteiger partial charge in [0.15, 0.2) is 0 Å². The second-order valence-electron chi connectivity index (χ2n) is 4.21. The zero-order valence-electron chi connectivity index (χ0n) is 10.6. The van der Waals surface area contributed by atoms with E-state index in [2.05, 4.69) is 15.3 Å². The Labute approximate surface area is 118 Å². The lowest BCUT2D eigenvalue weighted by atomic mass is 10.2. The minimum atomic E-state index is -0.274. The van der Waals surface area contributed by atoms with Crippen LogP contribution in [0.4, 0.5) is 4.39 Å². The lowest BCUT2D eigenvalue weighted by molar-refractivity contribution is 0.276. The topological polar surface area (TPSA) is 63.8 Å². The fraction of sp³-hybridized carbons (Fsp3) is 0.154. The van der Waals surface area contributed by atoms with Crippen molar-refractivity contribution in [3.05, 3.63) is 46.9 Å². The number of aliphatic hydroxyl groups excluding tert-OH is 1. The number of hydrogen-bond acceptors (Lipinski definition) is 5. The van der Waals surface area contributed by atoms with Gasteiger partial charge in [0, 0.05) is 10.9 Å². The van der Waals surface area contributed by atoms with Crippen molar-refractivity contribution >= 4 is 11.3 Å². The summed E-state index contributed by atoms with van der Waals surface area (Å²) in [7, 11) is 0. The molecule has 0 unspecified atom stereocenters. The maximum atomic E-state index is 12.9. The standard InChI is InChI=1S/C13H11FN4OS/c1-8-11(6-19)16-17-18(8)13-15-12(7-20-13)9-2-4-10(14)5-3-9/h2-5,7,19H,6H2,1H3. The summed E-state index contributed by atoms with van der Waals surface area (Å²) in [6.45, 7) is 1.67. The first-order valence-corrected chi connectivity index (χ1v) is 6.81. The molecule has 1 aromatic carbocycles. The van der Waals surface area contributed by atoms with Crippen LogP contribution in [0.15, 0.2) is 29.6 Å². The number of thiazole rings is 1. The summed E-state index contributed by atoms with van der Waals surface area (Å²) >= 11 is 1.41. The van der Waals surface area contributed by atoms with Gasteiger partial charge in [-0.25, -0.2) is 9.37 Å². The van der Waals surface area contributed by atoms with E-state index in [0.29, 0.717) is 10.8 Å². The van der Waals surface area contributed by atoms with E-state index in [1.807, 2.05) is 12.3 Å². The SMILES string of the molecule is Cc1c(CO)nnn1-c1nc(-c2ccc(F)cc2)cs1. The van der Waals surface area contributed by atoms with Crippen molar-refractivity contribution in [3.8, 4) is 16.4 Å². The molecule has 0 aliphatic carbocycles. The zero-order chi connectivity index (χ0) is 14.1. The second kappa shape index (κ2) is 5.10. The molecular weight excluding hydrogens is 279 g/mol. The number of halogens is 1. The van der Waals surface area contributed by atoms with Crippen molar-refractivity contribution in [2.75, 3.05) is 0 Å². The summed E-state index contributed by atoms with van der Waals surface area (Å²) in [5, 5.41) is 19.5. The first-order valence-electron chi connectivity index (χ1n) is 5.93. The number of benzene rings is 1. The van der Waals surface area contributed by atoms with Gasteiger partial charge in [-0.1, -0.05) is 5.21 Å². The van der Waals surface area contributed by atoms with Crippen molar-refractivity contribution < 1.29 is 9.50 Å². The Hall–Kier alpha value is -2.12. The first-order chi connectivity index (χ1) is 9.69. The molecule has 0 spiro atoms. The van der Waals surface area contributed by atoms with Gasteiger partial charge in [-0.05, 0) is 31.2 Å². The average molecular weight is 290 g/mol. The van der Waals surface area contributed by atoms with E-state index in [9.17, 15) is 4.39 Å². The van der Waals surface area contributed by atoms with Gasteiger partial charge in [-0.15, -0.1) is 16.4 Å². The van der Waals surface area contributed by atoms with Crippen LogP contribution in [0.3, 0.4) is 0 Å². The van der Waals surface area contributed by atoms with Crippen LogP contribution in [0.25, 0.3) is 16.4 Å². The van der Waals surface area contributed by atoms with Crippen LogP contribution in [-0.4, -0.2) is 25.1 Å². The lowest BCUT2D eigenvalue weighted by Gasteiger charge is -1.98. The van der Waals surface area contributed by atoms with Gasteiger partial charge in [-0.2, -0.15) is 4.68 Å². The monoisotopic (exact) mass is 290 g/mol. The molecule has 20 heavy (non-hydrogen) atoms. The van der Waals surface area contributed by atoms with Crippen LogP contribution in [0, 0.1) is 12.7 Å². The maximum Gasteiger partial charge on any atom is 0.212 e. The van der Waals surface area contributed by atoms with Crippen molar-refractivity contribution in [1.82, 2.24) is 20.0 Å². The van der Waals surface area contributed by atoms with Crippen molar-refractivity contribution in [3.63, 3.8) is 0 Å². The van der Waals surface area contributed by atoms with Crippen LogP contribution in [0.1, 0.15) is 11.4 Å². The first kappa shape index (κ1) is 12.9. The normalized spacial score (nSPS) is 10.9. The van der Waals surface area contributed by atoms with E-state index in [1.54, 1.807) is 16.8 Å². The van der Waals surface area contributed by atoms with Crippen LogP contribution in [-0.2, 0) is 6.61 Å². The molecule has 7 heteroatoms. The number of aromatic nitrogens is 4. The predicted molar refractivity (Wildman–Crippen MR) is 73.1 cm³/mol. The summed E-state index contributed by atoms with van der Waals surface area (Å²) in [6.07, 6.45) is 0. The van der Waals surface area contributed by atoms with Gasteiger partial charge in [-0.3, -0.25) is 0 Å². The third-order valence-electron chi connectivity index (χ3n) is 2.95. The van der Waals surface area contributed by atoms with Gasteiger partial charge < -0.3 is 5.11 Å². The lowest BCUT2D eigenvalue weighted by Crippen LogP contribution is -1.99. The highest BCUT2D eigenvalue weighted by molar-refractivity contribution is 7.12. The van der Waals surface area contributed by atoms with E-state index in [0.717, 1.165) is 17.0 Å². The fourth-order valence-corrected chi connectivity index (χ4v) is 2.63. The molecule has 0 aliphatic heterocycles. The largest absolute Gasteiger partial charge is 0.390 e. The quantitative estimate of drug-likeness (QED) is 0.804. The van der Waals surface area contributed by atoms with Gasteiger partial charge in [0.25, 0.3) is 0 Å². The van der Waals surface area contributed by atoms with Crippen LogP contribution in [0.2, 0.25) is 0 Å². The third kappa shape index (κ3) is 2.21. The summed E-state index contributed by atoms with van der Waals surface area (Å²) in [4.78, 5) is 4.46. The Kier molecular flexibility index (Phi) is 3.29. The molecule has 0 bridgehead atoms. The Morgan fingerprint density at radius 3 is 2.70 bits per heavy atom. The number of hydrogen-bond donors (Lipinski definition) is 1. The molecule has 3 aromatic rings. The molecule has 0 atom stereocenters. The molecule has 0 fully saturated rings. The molecule has 0 radical (unpaired) electrons. The molecule has 0 saturated carbocycles. The van der Waals surface area contributed by atoms with Gasteiger partial charge in [0.2, 0.25) is 5.13 Å². The van der Waals surface area contributed by atoms with Gasteiger partial charge in [0.05, 0.1) is 18.0 Å². The molecule has 3 rings (SSSR count). The number of nitrogens with zero attached hydrogens (tertiary/aromatic N) is 4. The minimum absolute atomic E-state index is 0.151. The zero-order valence-corrected chi connectivity index (χ0v) is 11.4. The van der Waals surface area contributed by atoms with Crippen LogP contribution >= 0.6 is 11.3 Å². The number of rotatable bonds is 3. The molecule has 5 nitrogen and oxygen atoms in total. The van der Waals surface area contributed by atoms with E-state index < -0.39 is 0 Å². The predicted octanol–water partition coefficient (Wildman–Crippen LogP) is 2.33. The molecule has 2 aromatic heterocycles. The van der Waals surface area contributed by atoms with Gasteiger partial charge in [0.1, 0.15) is 11.5 Å². The Morgan fingerprint density at radius 1 is 1.30 bits per heavy atom. The minimum Gasteiger partial charge on any atom is -0.390 e. The van der Waals surface area contributed by atoms with Gasteiger partial charge >= 0.3 is 0 Å². The van der Waals surface area contributed by atoms with Crippen molar-refractivity contribution in [2.45, 2.75) is 13.5 Å². The summed E-state index contributed by atoms with van der Waals surface area (Å²) < 4.78 is 14.5. The molecule has 1 N–H and O–H groups in total. The highest BCUT2D eigenvalue weighted by Gasteiger charge is 2.13. The Bertz CT molecular complexity index is 735.